The number of hydrogen-bond acceptors (Lipinski definition) is 5. The summed E-state index contributed by atoms with van der Waals surface area (Å²) in [5, 5.41) is 3.82. The average molecular weight is 293 g/mol. The van der Waals surface area contributed by atoms with Gasteiger partial charge in [0.2, 0.25) is 11.7 Å². The minimum absolute atomic E-state index is 0.0338. The van der Waals surface area contributed by atoms with Crippen molar-refractivity contribution in [1.29, 1.82) is 0 Å². The lowest BCUT2D eigenvalue weighted by molar-refractivity contribution is 0.283. The van der Waals surface area contributed by atoms with Crippen LogP contribution >= 0.6 is 0 Å². The van der Waals surface area contributed by atoms with Crippen LogP contribution in [-0.2, 0) is 19.4 Å². The first kappa shape index (κ1) is 15.4. The second-order valence-corrected chi connectivity index (χ2v) is 5.12. The van der Waals surface area contributed by atoms with Crippen LogP contribution in [0.25, 0.3) is 0 Å². The Morgan fingerprint density at radius 2 is 2.19 bits per heavy atom. The molecule has 0 fully saturated rings. The molecule has 0 saturated carbocycles. The lowest BCUT2D eigenvalue weighted by Crippen LogP contribution is -2.17. The zero-order valence-corrected chi connectivity index (χ0v) is 12.3. The van der Waals surface area contributed by atoms with E-state index >= 15 is 0 Å². The predicted molar refractivity (Wildman–Crippen MR) is 76.4 cm³/mol. The van der Waals surface area contributed by atoms with E-state index in [1.807, 2.05) is 13.8 Å². The number of aryl methyl sites for hydroxylation is 1. The molecule has 1 atom stereocenters. The number of aromatic nitrogens is 2. The van der Waals surface area contributed by atoms with E-state index in [-0.39, 0.29) is 18.5 Å². The standard InChI is InChI=1S/C15H20FN3O2/c1-3-4-15-18-14(19-21-15)9-20-13-7-11(5-10(2)17)6-12(16)8-13/h6-8,10H,3-5,9,17H2,1-2H3. The first-order valence-corrected chi connectivity index (χ1v) is 7.06. The molecular formula is C15H20FN3O2. The highest BCUT2D eigenvalue weighted by atomic mass is 19.1. The summed E-state index contributed by atoms with van der Waals surface area (Å²) in [5.74, 6) is 1.14. The van der Waals surface area contributed by atoms with Crippen LogP contribution in [0.4, 0.5) is 4.39 Å². The second-order valence-electron chi connectivity index (χ2n) is 5.12. The summed E-state index contributed by atoms with van der Waals surface area (Å²) in [6.07, 6.45) is 2.27. The van der Waals surface area contributed by atoms with Crippen LogP contribution < -0.4 is 10.5 Å². The van der Waals surface area contributed by atoms with Gasteiger partial charge in [0.15, 0.2) is 6.61 Å². The molecule has 0 radical (unpaired) electrons. The molecule has 6 heteroatoms. The van der Waals surface area contributed by atoms with Gasteiger partial charge in [-0.3, -0.25) is 0 Å². The summed E-state index contributed by atoms with van der Waals surface area (Å²) in [5.41, 5.74) is 6.53. The zero-order chi connectivity index (χ0) is 15.2. The molecule has 2 aromatic rings. The van der Waals surface area contributed by atoms with E-state index in [0.717, 1.165) is 18.4 Å². The third-order valence-electron chi connectivity index (χ3n) is 2.83. The summed E-state index contributed by atoms with van der Waals surface area (Å²) < 4.78 is 24.1. The summed E-state index contributed by atoms with van der Waals surface area (Å²) in [6, 6.07) is 4.54. The first-order valence-electron chi connectivity index (χ1n) is 7.06. The number of ether oxygens (including phenoxy) is 1. The molecule has 21 heavy (non-hydrogen) atoms. The summed E-state index contributed by atoms with van der Waals surface area (Å²) in [4.78, 5) is 4.19. The van der Waals surface area contributed by atoms with Crippen molar-refractivity contribution in [3.8, 4) is 5.75 Å². The van der Waals surface area contributed by atoms with Crippen molar-refractivity contribution in [2.24, 2.45) is 5.73 Å². The number of hydrogen-bond donors (Lipinski definition) is 1. The number of benzene rings is 1. The van der Waals surface area contributed by atoms with Crippen LogP contribution in [0.1, 0.15) is 37.5 Å². The van der Waals surface area contributed by atoms with E-state index in [9.17, 15) is 4.39 Å². The monoisotopic (exact) mass is 293 g/mol. The largest absolute Gasteiger partial charge is 0.485 e. The van der Waals surface area contributed by atoms with Gasteiger partial charge in [-0.1, -0.05) is 12.1 Å². The highest BCUT2D eigenvalue weighted by Crippen LogP contribution is 2.18. The maximum Gasteiger partial charge on any atom is 0.226 e. The molecule has 114 valence electrons. The summed E-state index contributed by atoms with van der Waals surface area (Å²) in [7, 11) is 0. The molecule has 1 heterocycles. The van der Waals surface area contributed by atoms with E-state index < -0.39 is 0 Å². The van der Waals surface area contributed by atoms with Gasteiger partial charge in [0.25, 0.3) is 0 Å². The highest BCUT2D eigenvalue weighted by Gasteiger charge is 2.08. The number of nitrogens with two attached hydrogens (primary N) is 1. The lowest BCUT2D eigenvalue weighted by Gasteiger charge is -2.09. The van der Waals surface area contributed by atoms with Crippen molar-refractivity contribution in [3.63, 3.8) is 0 Å². The van der Waals surface area contributed by atoms with Gasteiger partial charge in [0.05, 0.1) is 0 Å². The molecule has 0 aliphatic heterocycles. The minimum atomic E-state index is -0.345. The summed E-state index contributed by atoms with van der Waals surface area (Å²) in [6.45, 7) is 4.06. The molecule has 0 aliphatic rings. The van der Waals surface area contributed by atoms with Crippen molar-refractivity contribution in [1.82, 2.24) is 10.1 Å². The Kier molecular flexibility index (Phi) is 5.27. The van der Waals surface area contributed by atoms with Gasteiger partial charge >= 0.3 is 0 Å². The Morgan fingerprint density at radius 3 is 2.90 bits per heavy atom. The fourth-order valence-electron chi connectivity index (χ4n) is 2.01. The number of halogens is 1. The lowest BCUT2D eigenvalue weighted by atomic mass is 10.1. The fraction of sp³-hybridized carbons (Fsp3) is 0.467. The predicted octanol–water partition coefficient (Wildman–Crippen LogP) is 2.63. The Morgan fingerprint density at radius 1 is 1.38 bits per heavy atom. The molecule has 0 amide bonds. The van der Waals surface area contributed by atoms with Gasteiger partial charge in [-0.05, 0) is 37.5 Å². The number of rotatable bonds is 7. The van der Waals surface area contributed by atoms with E-state index in [2.05, 4.69) is 10.1 Å². The molecule has 0 bridgehead atoms. The third kappa shape index (κ3) is 4.82. The summed E-state index contributed by atoms with van der Waals surface area (Å²) >= 11 is 0. The molecule has 1 unspecified atom stereocenters. The Hall–Kier alpha value is -1.95. The van der Waals surface area contributed by atoms with Crippen LogP contribution in [-0.4, -0.2) is 16.2 Å². The van der Waals surface area contributed by atoms with Crippen molar-refractivity contribution >= 4 is 0 Å². The molecule has 0 aliphatic carbocycles. The van der Waals surface area contributed by atoms with Gasteiger partial charge in [0, 0.05) is 18.5 Å². The molecule has 0 spiro atoms. The van der Waals surface area contributed by atoms with Gasteiger partial charge in [-0.2, -0.15) is 4.98 Å². The fourth-order valence-corrected chi connectivity index (χ4v) is 2.01. The molecule has 1 aromatic carbocycles. The molecule has 1 aromatic heterocycles. The van der Waals surface area contributed by atoms with Crippen LogP contribution in [0.3, 0.4) is 0 Å². The molecule has 5 nitrogen and oxygen atoms in total. The van der Waals surface area contributed by atoms with Crippen LogP contribution in [0.15, 0.2) is 22.7 Å². The van der Waals surface area contributed by atoms with Gasteiger partial charge < -0.3 is 15.0 Å². The topological polar surface area (TPSA) is 74.2 Å². The smallest absolute Gasteiger partial charge is 0.226 e. The van der Waals surface area contributed by atoms with Gasteiger partial charge in [0.1, 0.15) is 11.6 Å². The second kappa shape index (κ2) is 7.17. The first-order chi connectivity index (χ1) is 10.1. The van der Waals surface area contributed by atoms with Crippen molar-refractivity contribution in [2.45, 2.75) is 45.8 Å². The van der Waals surface area contributed by atoms with E-state index in [0.29, 0.717) is 23.9 Å². The average Bonchev–Trinajstić information content (AvgIpc) is 2.83. The van der Waals surface area contributed by atoms with E-state index in [4.69, 9.17) is 15.0 Å². The quantitative estimate of drug-likeness (QED) is 0.849. The maximum atomic E-state index is 13.5. The Bertz CT molecular complexity index is 584. The van der Waals surface area contributed by atoms with Crippen LogP contribution in [0.5, 0.6) is 5.75 Å². The SMILES string of the molecule is CCCc1nc(COc2cc(F)cc(CC(C)N)c2)no1. The molecule has 2 N–H and O–H groups in total. The van der Waals surface area contributed by atoms with Crippen molar-refractivity contribution < 1.29 is 13.7 Å². The Labute approximate surface area is 123 Å². The van der Waals surface area contributed by atoms with Gasteiger partial charge in [-0.25, -0.2) is 4.39 Å². The zero-order valence-electron chi connectivity index (χ0n) is 12.3. The molecule has 2 rings (SSSR count). The third-order valence-corrected chi connectivity index (χ3v) is 2.83. The van der Waals surface area contributed by atoms with Crippen LogP contribution in [0, 0.1) is 5.82 Å². The van der Waals surface area contributed by atoms with Gasteiger partial charge in [-0.15, -0.1) is 0 Å². The van der Waals surface area contributed by atoms with Crippen molar-refractivity contribution in [2.75, 3.05) is 0 Å². The highest BCUT2D eigenvalue weighted by molar-refractivity contribution is 5.30. The van der Waals surface area contributed by atoms with Crippen LogP contribution in [0.2, 0.25) is 0 Å². The Balaban J connectivity index is 1.99. The van der Waals surface area contributed by atoms with E-state index in [1.165, 1.54) is 12.1 Å². The maximum absolute atomic E-state index is 13.5. The molecular weight excluding hydrogens is 273 g/mol. The normalized spacial score (nSPS) is 12.4. The van der Waals surface area contributed by atoms with Crippen molar-refractivity contribution in [3.05, 3.63) is 41.3 Å². The molecule has 0 saturated heterocycles. The number of nitrogens with zero attached hydrogens (tertiary/aromatic N) is 2. The minimum Gasteiger partial charge on any atom is -0.485 e. The van der Waals surface area contributed by atoms with E-state index in [1.54, 1.807) is 6.07 Å².